The monoisotopic (exact) mass is 579 g/mol. The summed E-state index contributed by atoms with van der Waals surface area (Å²) < 4.78 is 10.1. The van der Waals surface area contributed by atoms with Gasteiger partial charge in [0.2, 0.25) is 0 Å². The van der Waals surface area contributed by atoms with Crippen molar-refractivity contribution in [2.24, 2.45) is 24.6 Å². The molecule has 1 aliphatic heterocycles. The smallest absolute Gasteiger partial charge is 0.254 e. The molecular formula is C31H33N9O3. The van der Waals surface area contributed by atoms with E-state index in [-0.39, 0.29) is 23.6 Å². The second-order valence-electron chi connectivity index (χ2n) is 12.1. The van der Waals surface area contributed by atoms with Gasteiger partial charge in [0, 0.05) is 49.2 Å². The Hall–Kier alpha value is -4.71. The number of fused-ring (bicyclic) bond motifs is 4. The zero-order valence-corrected chi connectivity index (χ0v) is 24.1. The van der Waals surface area contributed by atoms with Crippen LogP contribution < -0.4 is 21.3 Å². The number of H-pyrrole nitrogens is 1. The molecule has 220 valence electrons. The third kappa shape index (κ3) is 4.27. The fourth-order valence-corrected chi connectivity index (χ4v) is 6.96. The molecular weight excluding hydrogens is 546 g/mol. The Kier molecular flexibility index (Phi) is 5.83. The molecule has 4 N–H and O–H groups in total. The summed E-state index contributed by atoms with van der Waals surface area (Å²) in [4.78, 5) is 44.1. The van der Waals surface area contributed by atoms with E-state index in [1.165, 1.54) is 25.2 Å². The number of amides is 1. The Morgan fingerprint density at radius 2 is 1.98 bits per heavy atom. The number of piperidine rings is 1. The van der Waals surface area contributed by atoms with Gasteiger partial charge in [-0.15, -0.1) is 0 Å². The lowest BCUT2D eigenvalue weighted by Gasteiger charge is -2.27. The van der Waals surface area contributed by atoms with E-state index >= 15 is 0 Å². The Labute approximate surface area is 246 Å². The third-order valence-electron chi connectivity index (χ3n) is 9.36. The van der Waals surface area contributed by atoms with Crippen molar-refractivity contribution in [2.45, 2.75) is 44.3 Å². The number of aryl methyl sites for hydroxylation is 1. The first-order chi connectivity index (χ1) is 20.9. The van der Waals surface area contributed by atoms with Crippen molar-refractivity contribution in [3.05, 3.63) is 58.6 Å². The summed E-state index contributed by atoms with van der Waals surface area (Å²) in [7, 11) is 3.60. The normalized spacial score (nSPS) is 21.3. The van der Waals surface area contributed by atoms with E-state index in [0.29, 0.717) is 46.8 Å². The molecule has 5 aromatic rings. The number of carbonyl (C=O) groups excluding carboxylic acids is 1. The zero-order valence-electron chi connectivity index (χ0n) is 24.1. The molecule has 8 rings (SSSR count). The number of methoxy groups -OCH3 is 1. The van der Waals surface area contributed by atoms with E-state index in [2.05, 4.69) is 25.9 Å². The first kappa shape index (κ1) is 26.0. The Morgan fingerprint density at radius 1 is 1.12 bits per heavy atom. The summed E-state index contributed by atoms with van der Waals surface area (Å²) in [5, 5.41) is 4.13. The molecule has 2 aliphatic carbocycles. The first-order valence-corrected chi connectivity index (χ1v) is 14.8. The molecule has 3 aliphatic rings. The molecule has 0 radical (unpaired) electrons. The lowest BCUT2D eigenvalue weighted by molar-refractivity contribution is 0.0700. The summed E-state index contributed by atoms with van der Waals surface area (Å²) in [6, 6.07) is 11.3. The maximum Gasteiger partial charge on any atom is 0.254 e. The number of nitrogens with two attached hydrogens (primary N) is 1. The second-order valence-corrected chi connectivity index (χ2v) is 12.1. The molecule has 0 unspecified atom stereocenters. The number of pyridine rings is 1. The Morgan fingerprint density at radius 3 is 2.70 bits per heavy atom. The summed E-state index contributed by atoms with van der Waals surface area (Å²) >= 11 is 0. The number of carbonyl (C=O) groups is 1. The SMILES string of the molecule is COc1cc(C(=O)N2C[C@H]3CC[C@@H]2[C@@H]3N)cc2nc(-c3cc4ccc(Nc5cc(=O)[nH]cn5)nc4n3CC3CC3)n(C)c12. The molecule has 2 bridgehead atoms. The molecule has 2 saturated carbocycles. The zero-order chi connectivity index (χ0) is 29.4. The number of hydrogen-bond acceptors (Lipinski definition) is 8. The molecule has 4 aromatic heterocycles. The van der Waals surface area contributed by atoms with Crippen molar-refractivity contribution in [3.8, 4) is 17.3 Å². The van der Waals surface area contributed by atoms with E-state index in [9.17, 15) is 9.59 Å². The van der Waals surface area contributed by atoms with Crippen LogP contribution in [0.15, 0.2) is 47.5 Å². The van der Waals surface area contributed by atoms with Crippen molar-refractivity contribution in [1.29, 1.82) is 0 Å². The number of anilines is 2. The standard InChI is InChI=1S/C31H33N9O3/c1-38-28-20(9-19(11-23(28)43-2)31(42)40-14-18-5-7-21(40)27(18)32)35-30(38)22-10-17-6-8-24(36-25-12-26(41)34-15-33-25)37-29(17)39(22)13-16-3-4-16/h6,8-12,15-16,18,21,27H,3-5,7,13-14,32H2,1-2H3,(H2,33,34,36,37,41)/t18-,21-,27-/m1/s1. The summed E-state index contributed by atoms with van der Waals surface area (Å²) in [5.74, 6) is 3.34. The molecule has 1 saturated heterocycles. The molecule has 1 amide bonds. The molecule has 3 fully saturated rings. The van der Waals surface area contributed by atoms with Gasteiger partial charge in [-0.3, -0.25) is 9.59 Å². The fraction of sp³-hybridized carbons (Fsp3) is 0.387. The van der Waals surface area contributed by atoms with Crippen molar-refractivity contribution >= 4 is 39.6 Å². The van der Waals surface area contributed by atoms with Crippen LogP contribution in [-0.4, -0.2) is 65.6 Å². The Balaban J connectivity index is 1.21. The third-order valence-corrected chi connectivity index (χ3v) is 9.36. The van der Waals surface area contributed by atoms with E-state index in [1.54, 1.807) is 7.11 Å². The van der Waals surface area contributed by atoms with E-state index in [0.717, 1.165) is 47.5 Å². The van der Waals surface area contributed by atoms with Crippen molar-refractivity contribution in [3.63, 3.8) is 0 Å². The predicted octanol–water partition coefficient (Wildman–Crippen LogP) is 3.40. The average molecular weight is 580 g/mol. The maximum absolute atomic E-state index is 13.7. The lowest BCUT2D eigenvalue weighted by Crippen LogP contribution is -2.41. The van der Waals surface area contributed by atoms with Crippen LogP contribution in [0.2, 0.25) is 0 Å². The number of aromatic nitrogens is 6. The first-order valence-electron chi connectivity index (χ1n) is 14.8. The number of aromatic amines is 1. The molecule has 12 nitrogen and oxygen atoms in total. The number of ether oxygens (including phenoxy) is 1. The predicted molar refractivity (Wildman–Crippen MR) is 162 cm³/mol. The highest BCUT2D eigenvalue weighted by Gasteiger charge is 2.47. The van der Waals surface area contributed by atoms with Crippen LogP contribution in [0.3, 0.4) is 0 Å². The highest BCUT2D eigenvalue weighted by atomic mass is 16.5. The highest BCUT2D eigenvalue weighted by molar-refractivity contribution is 6.00. The van der Waals surface area contributed by atoms with Gasteiger partial charge in [0.25, 0.3) is 11.5 Å². The van der Waals surface area contributed by atoms with Crippen LogP contribution in [0.5, 0.6) is 5.75 Å². The van der Waals surface area contributed by atoms with Crippen molar-refractivity contribution in [1.82, 2.24) is 34.0 Å². The quantitative estimate of drug-likeness (QED) is 0.266. The number of hydrogen-bond donors (Lipinski definition) is 3. The van der Waals surface area contributed by atoms with Crippen LogP contribution in [-0.2, 0) is 13.6 Å². The van der Waals surface area contributed by atoms with E-state index < -0.39 is 0 Å². The maximum atomic E-state index is 13.7. The number of likely N-dealkylation sites (tertiary alicyclic amines) is 1. The summed E-state index contributed by atoms with van der Waals surface area (Å²) in [5.41, 5.74) is 10.0. The number of benzene rings is 1. The van der Waals surface area contributed by atoms with E-state index in [1.807, 2.05) is 40.8 Å². The van der Waals surface area contributed by atoms with Gasteiger partial charge in [-0.05, 0) is 67.9 Å². The van der Waals surface area contributed by atoms with Crippen molar-refractivity contribution < 1.29 is 9.53 Å². The lowest BCUT2D eigenvalue weighted by atomic mass is 10.1. The average Bonchev–Trinajstić information content (AvgIpc) is 3.41. The van der Waals surface area contributed by atoms with Crippen LogP contribution in [0.25, 0.3) is 33.6 Å². The van der Waals surface area contributed by atoms with Gasteiger partial charge in [-0.2, -0.15) is 0 Å². The number of rotatable bonds is 7. The minimum absolute atomic E-state index is 0.0166. The summed E-state index contributed by atoms with van der Waals surface area (Å²) in [6.45, 7) is 1.53. The molecule has 43 heavy (non-hydrogen) atoms. The number of nitrogens with zero attached hydrogens (tertiary/aromatic N) is 6. The van der Waals surface area contributed by atoms with Crippen molar-refractivity contribution in [2.75, 3.05) is 19.0 Å². The van der Waals surface area contributed by atoms with Crippen LogP contribution in [0, 0.1) is 11.8 Å². The van der Waals surface area contributed by atoms with E-state index in [4.69, 9.17) is 20.4 Å². The second kappa shape index (κ2) is 9.66. The molecule has 1 aromatic carbocycles. The van der Waals surface area contributed by atoms with Gasteiger partial charge in [-0.25, -0.2) is 15.0 Å². The number of imidazole rings is 1. The van der Waals surface area contributed by atoms with Crippen LogP contribution >= 0.6 is 0 Å². The van der Waals surface area contributed by atoms with Crippen LogP contribution in [0.1, 0.15) is 36.0 Å². The topological polar surface area (TPSA) is 149 Å². The minimum atomic E-state index is -0.239. The van der Waals surface area contributed by atoms with Crippen LogP contribution in [0.4, 0.5) is 11.6 Å². The van der Waals surface area contributed by atoms with Gasteiger partial charge in [0.15, 0.2) is 5.82 Å². The van der Waals surface area contributed by atoms with Gasteiger partial charge in [-0.1, -0.05) is 0 Å². The highest BCUT2D eigenvalue weighted by Crippen LogP contribution is 2.40. The Bertz CT molecular complexity index is 1970. The van der Waals surface area contributed by atoms with Gasteiger partial charge in [0.05, 0.1) is 24.6 Å². The van der Waals surface area contributed by atoms with Gasteiger partial charge < -0.3 is 34.8 Å². The van der Waals surface area contributed by atoms with Gasteiger partial charge >= 0.3 is 0 Å². The minimum Gasteiger partial charge on any atom is -0.494 e. The summed E-state index contributed by atoms with van der Waals surface area (Å²) in [6.07, 6.45) is 5.77. The molecule has 5 heterocycles. The van der Waals surface area contributed by atoms with Gasteiger partial charge in [0.1, 0.15) is 28.5 Å². The molecule has 0 spiro atoms. The largest absolute Gasteiger partial charge is 0.494 e. The fourth-order valence-electron chi connectivity index (χ4n) is 6.96. The molecule has 3 atom stereocenters. The number of nitrogens with one attached hydrogen (secondary N) is 2. The molecule has 12 heteroatoms.